The van der Waals surface area contributed by atoms with Crippen LogP contribution in [-0.4, -0.2) is 29.6 Å². The van der Waals surface area contributed by atoms with Gasteiger partial charge in [0.15, 0.2) is 0 Å². The summed E-state index contributed by atoms with van der Waals surface area (Å²) in [6, 6.07) is 9.97. The van der Waals surface area contributed by atoms with E-state index >= 15 is 0 Å². The highest BCUT2D eigenvalue weighted by Crippen LogP contribution is 2.18. The second-order valence-corrected chi connectivity index (χ2v) is 6.13. The summed E-state index contributed by atoms with van der Waals surface area (Å²) in [5.41, 5.74) is 2.23. The van der Waals surface area contributed by atoms with Crippen molar-refractivity contribution in [2.75, 3.05) is 29.9 Å². The molecule has 1 N–H and O–H groups in total. The number of rotatable bonds is 5. The molecule has 0 unspecified atom stereocenters. The van der Waals surface area contributed by atoms with Crippen molar-refractivity contribution in [2.45, 2.75) is 26.2 Å². The van der Waals surface area contributed by atoms with Crippen LogP contribution in [0.15, 0.2) is 30.3 Å². The topological polar surface area (TPSA) is 41.1 Å². The van der Waals surface area contributed by atoms with Crippen LogP contribution < -0.4 is 10.2 Å². The zero-order valence-corrected chi connectivity index (χ0v) is 13.6. The van der Waals surface area contributed by atoms with Crippen molar-refractivity contribution in [1.29, 1.82) is 0 Å². The number of aryl methyl sites for hydroxylation is 1. The molecular weight excluding hydrogens is 296 g/mol. The Morgan fingerprint density at radius 3 is 2.77 bits per heavy atom. The van der Waals surface area contributed by atoms with Crippen LogP contribution in [0.25, 0.3) is 0 Å². The Kier molecular flexibility index (Phi) is 4.78. The van der Waals surface area contributed by atoms with E-state index in [-0.39, 0.29) is 0 Å². The lowest BCUT2D eigenvalue weighted by molar-refractivity contribution is 0.885. The smallest absolute Gasteiger partial charge is 0.227 e. The molecular formula is C17H21ClN4. The summed E-state index contributed by atoms with van der Waals surface area (Å²) in [6.45, 7) is 4.97. The first-order chi connectivity index (χ1) is 10.7. The third kappa shape index (κ3) is 3.89. The molecule has 3 rings (SSSR count). The van der Waals surface area contributed by atoms with Gasteiger partial charge >= 0.3 is 0 Å². The minimum absolute atomic E-state index is 0.784. The molecule has 2 heterocycles. The lowest BCUT2D eigenvalue weighted by atomic mass is 10.1. The van der Waals surface area contributed by atoms with Gasteiger partial charge in [-0.05, 0) is 43.9 Å². The molecule has 0 bridgehead atoms. The molecule has 1 aromatic carbocycles. The maximum absolute atomic E-state index is 6.01. The molecule has 5 heteroatoms. The third-order valence-corrected chi connectivity index (χ3v) is 4.08. The molecule has 0 amide bonds. The molecule has 0 aliphatic carbocycles. The number of nitrogens with zero attached hydrogens (tertiary/aromatic N) is 3. The summed E-state index contributed by atoms with van der Waals surface area (Å²) in [6.07, 6.45) is 3.38. The highest BCUT2D eigenvalue weighted by atomic mass is 35.5. The molecule has 0 atom stereocenters. The summed E-state index contributed by atoms with van der Waals surface area (Å²) in [4.78, 5) is 11.5. The highest BCUT2D eigenvalue weighted by molar-refractivity contribution is 6.30. The van der Waals surface area contributed by atoms with Crippen LogP contribution in [-0.2, 0) is 6.42 Å². The van der Waals surface area contributed by atoms with Crippen molar-refractivity contribution >= 4 is 23.4 Å². The number of aromatic nitrogens is 2. The molecule has 4 nitrogen and oxygen atoms in total. The number of hydrogen-bond acceptors (Lipinski definition) is 4. The fourth-order valence-electron chi connectivity index (χ4n) is 2.73. The van der Waals surface area contributed by atoms with Gasteiger partial charge in [0.2, 0.25) is 5.95 Å². The van der Waals surface area contributed by atoms with Crippen LogP contribution >= 0.6 is 11.6 Å². The summed E-state index contributed by atoms with van der Waals surface area (Å²) in [7, 11) is 0. The summed E-state index contributed by atoms with van der Waals surface area (Å²) < 4.78 is 0. The fraction of sp³-hybridized carbons (Fsp3) is 0.412. The van der Waals surface area contributed by atoms with E-state index in [2.05, 4.69) is 26.3 Å². The molecule has 1 saturated heterocycles. The molecule has 116 valence electrons. The minimum atomic E-state index is 0.784. The Morgan fingerprint density at radius 1 is 1.18 bits per heavy atom. The fourth-order valence-corrected chi connectivity index (χ4v) is 2.94. The Morgan fingerprint density at radius 2 is 2.00 bits per heavy atom. The number of nitrogens with one attached hydrogen (secondary N) is 1. The lowest BCUT2D eigenvalue weighted by Gasteiger charge is -2.17. The molecule has 2 aromatic rings. The van der Waals surface area contributed by atoms with E-state index in [1.807, 2.05) is 31.2 Å². The first-order valence-corrected chi connectivity index (χ1v) is 8.17. The monoisotopic (exact) mass is 316 g/mol. The van der Waals surface area contributed by atoms with Crippen LogP contribution in [0.1, 0.15) is 24.1 Å². The molecule has 22 heavy (non-hydrogen) atoms. The second-order valence-electron chi connectivity index (χ2n) is 5.70. The predicted octanol–water partition coefficient (Wildman–Crippen LogP) is 3.69. The SMILES string of the molecule is Cc1cc(NCCc2cccc(Cl)c2)nc(N2CCCC2)n1. The van der Waals surface area contributed by atoms with Gasteiger partial charge in [0.05, 0.1) is 0 Å². The number of hydrogen-bond donors (Lipinski definition) is 1. The van der Waals surface area contributed by atoms with Crippen molar-refractivity contribution in [2.24, 2.45) is 0 Å². The van der Waals surface area contributed by atoms with Crippen LogP contribution in [0.3, 0.4) is 0 Å². The van der Waals surface area contributed by atoms with Crippen LogP contribution in [0.2, 0.25) is 5.02 Å². The van der Waals surface area contributed by atoms with Crippen LogP contribution in [0, 0.1) is 6.92 Å². The van der Waals surface area contributed by atoms with Gasteiger partial charge in [0.25, 0.3) is 0 Å². The number of benzene rings is 1. The first kappa shape index (κ1) is 15.1. The van der Waals surface area contributed by atoms with Crippen molar-refractivity contribution in [3.8, 4) is 0 Å². The molecule has 1 aromatic heterocycles. The average molecular weight is 317 g/mol. The zero-order chi connectivity index (χ0) is 15.4. The van der Waals surface area contributed by atoms with Crippen molar-refractivity contribution < 1.29 is 0 Å². The van der Waals surface area contributed by atoms with Gasteiger partial charge in [-0.2, -0.15) is 4.98 Å². The molecule has 0 spiro atoms. The maximum atomic E-state index is 6.01. The van der Waals surface area contributed by atoms with Crippen molar-refractivity contribution in [1.82, 2.24) is 9.97 Å². The van der Waals surface area contributed by atoms with Crippen molar-refractivity contribution in [3.63, 3.8) is 0 Å². The van der Waals surface area contributed by atoms with Gasteiger partial charge in [-0.15, -0.1) is 0 Å². The second kappa shape index (κ2) is 6.97. The van der Waals surface area contributed by atoms with E-state index in [9.17, 15) is 0 Å². The average Bonchev–Trinajstić information content (AvgIpc) is 3.01. The van der Waals surface area contributed by atoms with Gasteiger partial charge in [0, 0.05) is 36.4 Å². The van der Waals surface area contributed by atoms with E-state index in [4.69, 9.17) is 11.6 Å². The number of anilines is 2. The molecule has 0 saturated carbocycles. The van der Waals surface area contributed by atoms with E-state index in [1.54, 1.807) is 0 Å². The summed E-state index contributed by atoms with van der Waals surface area (Å²) in [5.74, 6) is 1.75. The minimum Gasteiger partial charge on any atom is -0.370 e. The van der Waals surface area contributed by atoms with E-state index in [0.29, 0.717) is 0 Å². The van der Waals surface area contributed by atoms with Crippen LogP contribution in [0.5, 0.6) is 0 Å². The van der Waals surface area contributed by atoms with Gasteiger partial charge < -0.3 is 10.2 Å². The summed E-state index contributed by atoms with van der Waals surface area (Å²) >= 11 is 6.01. The van der Waals surface area contributed by atoms with E-state index in [0.717, 1.165) is 48.5 Å². The first-order valence-electron chi connectivity index (χ1n) is 7.80. The largest absolute Gasteiger partial charge is 0.370 e. The van der Waals surface area contributed by atoms with Crippen molar-refractivity contribution in [3.05, 3.63) is 46.6 Å². The Hall–Kier alpha value is -1.81. The van der Waals surface area contributed by atoms with Gasteiger partial charge in [-0.3, -0.25) is 0 Å². The maximum Gasteiger partial charge on any atom is 0.227 e. The van der Waals surface area contributed by atoms with Gasteiger partial charge in [-0.1, -0.05) is 23.7 Å². The third-order valence-electron chi connectivity index (χ3n) is 3.84. The highest BCUT2D eigenvalue weighted by Gasteiger charge is 2.15. The Labute approximate surface area is 136 Å². The molecule has 1 aliphatic heterocycles. The molecule has 0 radical (unpaired) electrons. The zero-order valence-electron chi connectivity index (χ0n) is 12.8. The van der Waals surface area contributed by atoms with Gasteiger partial charge in [0.1, 0.15) is 5.82 Å². The standard InChI is InChI=1S/C17H21ClN4/c1-13-11-16(21-17(20-13)22-9-2-3-10-22)19-8-7-14-5-4-6-15(18)12-14/h4-6,11-12H,2-3,7-10H2,1H3,(H,19,20,21). The molecule has 1 aliphatic rings. The summed E-state index contributed by atoms with van der Waals surface area (Å²) in [5, 5.41) is 4.18. The molecule has 1 fully saturated rings. The predicted molar refractivity (Wildman–Crippen MR) is 91.9 cm³/mol. The van der Waals surface area contributed by atoms with Crippen LogP contribution in [0.4, 0.5) is 11.8 Å². The quantitative estimate of drug-likeness (QED) is 0.913. The number of halogens is 1. The Balaban J connectivity index is 1.62. The lowest BCUT2D eigenvalue weighted by Crippen LogP contribution is -2.21. The normalized spacial score (nSPS) is 14.4. The van der Waals surface area contributed by atoms with Gasteiger partial charge in [-0.25, -0.2) is 4.98 Å². The Bertz CT molecular complexity index is 638. The van der Waals surface area contributed by atoms with E-state index < -0.39 is 0 Å². The van der Waals surface area contributed by atoms with E-state index in [1.165, 1.54) is 18.4 Å².